The predicted molar refractivity (Wildman–Crippen MR) is 111 cm³/mol. The molecule has 0 atom stereocenters. The number of thiophene rings is 1. The smallest absolute Gasteiger partial charge is 0.421 e. The van der Waals surface area contributed by atoms with Crippen LogP contribution in [0.5, 0.6) is 11.5 Å². The molecule has 0 saturated carbocycles. The van der Waals surface area contributed by atoms with Crippen LogP contribution in [0.25, 0.3) is 5.69 Å². The zero-order valence-corrected chi connectivity index (χ0v) is 18.5. The number of carbonyl (C=O) groups is 1. The Bertz CT molecular complexity index is 1210. The lowest BCUT2D eigenvalue weighted by atomic mass is 10.2. The van der Waals surface area contributed by atoms with Gasteiger partial charge in [-0.05, 0) is 37.4 Å². The molecule has 6 nitrogen and oxygen atoms in total. The van der Waals surface area contributed by atoms with Crippen LogP contribution >= 0.6 is 22.7 Å². The van der Waals surface area contributed by atoms with E-state index in [9.17, 15) is 22.4 Å². The summed E-state index contributed by atoms with van der Waals surface area (Å²) in [6.45, 7) is 4.48. The summed E-state index contributed by atoms with van der Waals surface area (Å²) in [6, 6.07) is 6.99. The van der Waals surface area contributed by atoms with Gasteiger partial charge in [0.1, 0.15) is 0 Å². The summed E-state index contributed by atoms with van der Waals surface area (Å²) < 4.78 is 63.7. The molecule has 0 radical (unpaired) electrons. The van der Waals surface area contributed by atoms with Gasteiger partial charge >= 0.3 is 18.2 Å². The normalized spacial score (nSPS) is 16.8. The van der Waals surface area contributed by atoms with E-state index in [1.165, 1.54) is 33.3 Å². The van der Waals surface area contributed by atoms with Gasteiger partial charge in [0.15, 0.2) is 16.3 Å². The Morgan fingerprint density at radius 3 is 2.53 bits per heavy atom. The van der Waals surface area contributed by atoms with Gasteiger partial charge in [-0.3, -0.25) is 4.57 Å². The second kappa shape index (κ2) is 8.24. The zero-order valence-electron chi connectivity index (χ0n) is 16.9. The number of benzene rings is 1. The lowest BCUT2D eigenvalue weighted by molar-refractivity contribution is -0.391. The number of ether oxygens (including phenoxy) is 2. The predicted octanol–water partition coefficient (Wildman–Crippen LogP) is 5.41. The fourth-order valence-electron chi connectivity index (χ4n) is 2.98. The van der Waals surface area contributed by atoms with Crippen molar-refractivity contribution in [2.45, 2.75) is 32.6 Å². The second-order valence-corrected chi connectivity index (χ2v) is 9.10. The first-order chi connectivity index (χ1) is 15.1. The van der Waals surface area contributed by atoms with Crippen LogP contribution in [-0.2, 0) is 6.54 Å². The number of aryl methyl sites for hydroxylation is 1. The highest BCUT2D eigenvalue weighted by atomic mass is 32.1. The van der Waals surface area contributed by atoms with Crippen molar-refractivity contribution in [3.63, 3.8) is 0 Å². The highest BCUT2D eigenvalue weighted by molar-refractivity contribution is 7.10. The fraction of sp³-hybridized carbons (Fsp3) is 0.300. The number of urea groups is 1. The molecule has 0 bridgehead atoms. The van der Waals surface area contributed by atoms with E-state index >= 15 is 0 Å². The number of halogens is 4. The number of carbonyl (C=O) groups excluding carboxylic acids is 1. The van der Waals surface area contributed by atoms with Crippen LogP contribution in [0.1, 0.15) is 16.7 Å². The number of fused-ring (bicyclic) bond motifs is 1. The molecular formula is C20H17F4N3O3S2. The van der Waals surface area contributed by atoms with E-state index in [0.29, 0.717) is 23.6 Å². The summed E-state index contributed by atoms with van der Waals surface area (Å²) in [5.41, 5.74) is 0.297. The molecule has 0 unspecified atom stereocenters. The minimum absolute atomic E-state index is 0.297. The number of alkyl halides is 4. The first-order valence-electron chi connectivity index (χ1n) is 9.43. The summed E-state index contributed by atoms with van der Waals surface area (Å²) in [6.07, 6.45) is -7.95. The molecule has 4 rings (SSSR count). The third kappa shape index (κ3) is 4.24. The first-order valence-corrected chi connectivity index (χ1v) is 11.1. The van der Waals surface area contributed by atoms with Gasteiger partial charge in [-0.15, -0.1) is 22.7 Å². The van der Waals surface area contributed by atoms with Crippen molar-refractivity contribution in [3.05, 3.63) is 56.5 Å². The van der Waals surface area contributed by atoms with E-state index in [1.807, 2.05) is 24.4 Å². The molecule has 1 aliphatic heterocycles. The van der Waals surface area contributed by atoms with Crippen LogP contribution in [-0.4, -0.2) is 34.3 Å². The fourth-order valence-corrected chi connectivity index (χ4v) is 4.53. The van der Waals surface area contributed by atoms with Gasteiger partial charge in [-0.2, -0.15) is 22.6 Å². The molecule has 1 aliphatic rings. The van der Waals surface area contributed by atoms with Gasteiger partial charge < -0.3 is 14.4 Å². The molecule has 3 heterocycles. The average Bonchev–Trinajstić information content (AvgIpc) is 3.35. The van der Waals surface area contributed by atoms with Crippen molar-refractivity contribution in [3.8, 4) is 17.2 Å². The standard InChI is InChI=1S/C20H17F4N3O3S2/c1-3-26(11-14-5-4-8-31-14)17(28)25-18-27(10-12(2)32-18)13-6-7-15-16(9-13)30-20(23,24)19(21,22)29-15/h4-10H,3,11H2,1-2H3. The number of aromatic nitrogens is 1. The van der Waals surface area contributed by atoms with Gasteiger partial charge in [0.05, 0.1) is 12.2 Å². The highest BCUT2D eigenvalue weighted by Crippen LogP contribution is 2.47. The molecule has 1 aromatic carbocycles. The van der Waals surface area contributed by atoms with Crippen LogP contribution in [0.3, 0.4) is 0 Å². The van der Waals surface area contributed by atoms with Crippen LogP contribution in [0.15, 0.2) is 46.9 Å². The Labute approximate surface area is 188 Å². The number of thiazole rings is 1. The second-order valence-electron chi connectivity index (χ2n) is 6.85. The first kappa shape index (κ1) is 22.3. The van der Waals surface area contributed by atoms with Crippen molar-refractivity contribution in [2.24, 2.45) is 4.99 Å². The van der Waals surface area contributed by atoms with E-state index in [0.717, 1.165) is 21.9 Å². The van der Waals surface area contributed by atoms with Crippen LogP contribution in [0.2, 0.25) is 0 Å². The molecule has 0 fully saturated rings. The van der Waals surface area contributed by atoms with Crippen molar-refractivity contribution in [1.82, 2.24) is 9.47 Å². The van der Waals surface area contributed by atoms with Gasteiger partial charge in [0.25, 0.3) is 0 Å². The van der Waals surface area contributed by atoms with E-state index in [4.69, 9.17) is 0 Å². The molecule has 170 valence electrons. The quantitative estimate of drug-likeness (QED) is 0.463. The van der Waals surface area contributed by atoms with Gasteiger partial charge in [-0.1, -0.05) is 6.07 Å². The van der Waals surface area contributed by atoms with Crippen LogP contribution in [0, 0.1) is 6.92 Å². The number of rotatable bonds is 4. The third-order valence-electron chi connectivity index (χ3n) is 4.56. The molecule has 0 spiro atoms. The Hall–Kier alpha value is -2.86. The lowest BCUT2D eigenvalue weighted by Crippen LogP contribution is -2.52. The molecule has 3 aromatic rings. The molecule has 2 aromatic heterocycles. The Kier molecular flexibility index (Phi) is 5.76. The molecule has 0 N–H and O–H groups in total. The van der Waals surface area contributed by atoms with Gasteiger partial charge in [0, 0.05) is 28.6 Å². The number of nitrogens with zero attached hydrogens (tertiary/aromatic N) is 3. The molecule has 0 saturated heterocycles. The Morgan fingerprint density at radius 1 is 1.16 bits per heavy atom. The summed E-state index contributed by atoms with van der Waals surface area (Å²) in [7, 11) is 0. The summed E-state index contributed by atoms with van der Waals surface area (Å²) in [5.74, 6) is -1.06. The maximum absolute atomic E-state index is 13.6. The largest absolute Gasteiger partial charge is 0.507 e. The number of amides is 2. The monoisotopic (exact) mass is 487 g/mol. The third-order valence-corrected chi connectivity index (χ3v) is 6.32. The maximum Gasteiger partial charge on any atom is 0.507 e. The van der Waals surface area contributed by atoms with E-state index in [2.05, 4.69) is 14.5 Å². The zero-order chi connectivity index (χ0) is 23.1. The summed E-state index contributed by atoms with van der Waals surface area (Å²) in [4.78, 5) is 20.7. The SMILES string of the molecule is CCN(Cc1cccs1)C(=O)N=c1sc(C)cn1-c1ccc2c(c1)OC(F)(F)C(F)(F)O2. The topological polar surface area (TPSA) is 56.1 Å². The molecular weight excluding hydrogens is 470 g/mol. The highest BCUT2D eigenvalue weighted by Gasteiger charge is 2.65. The molecule has 12 heteroatoms. The minimum Gasteiger partial charge on any atom is -0.421 e. The van der Waals surface area contributed by atoms with Crippen LogP contribution < -0.4 is 14.3 Å². The van der Waals surface area contributed by atoms with Crippen molar-refractivity contribution in [2.75, 3.05) is 6.54 Å². The lowest BCUT2D eigenvalue weighted by Gasteiger charge is -2.31. The van der Waals surface area contributed by atoms with E-state index < -0.39 is 29.7 Å². The van der Waals surface area contributed by atoms with Crippen molar-refractivity contribution >= 4 is 28.7 Å². The molecule has 0 aliphatic carbocycles. The molecule has 32 heavy (non-hydrogen) atoms. The summed E-state index contributed by atoms with van der Waals surface area (Å²) >= 11 is 2.75. The van der Waals surface area contributed by atoms with Crippen LogP contribution in [0.4, 0.5) is 22.4 Å². The Balaban J connectivity index is 1.68. The van der Waals surface area contributed by atoms with E-state index in [1.54, 1.807) is 18.0 Å². The average molecular weight is 488 g/mol. The minimum atomic E-state index is -4.82. The maximum atomic E-state index is 13.6. The van der Waals surface area contributed by atoms with E-state index in [-0.39, 0.29) is 0 Å². The van der Waals surface area contributed by atoms with Crippen molar-refractivity contribution in [1.29, 1.82) is 0 Å². The summed E-state index contributed by atoms with van der Waals surface area (Å²) in [5, 5.41) is 1.92. The van der Waals surface area contributed by atoms with Gasteiger partial charge in [0.2, 0.25) is 0 Å². The number of hydrogen-bond donors (Lipinski definition) is 0. The van der Waals surface area contributed by atoms with Gasteiger partial charge in [-0.25, -0.2) is 4.79 Å². The van der Waals surface area contributed by atoms with Crippen molar-refractivity contribution < 1.29 is 31.8 Å². The Morgan fingerprint density at radius 2 is 1.88 bits per heavy atom. The number of hydrogen-bond acceptors (Lipinski definition) is 5. The molecule has 2 amide bonds.